The molecule has 0 aliphatic rings. The molecule has 0 bridgehead atoms. The van der Waals surface area contributed by atoms with E-state index in [2.05, 4.69) is 0 Å². The summed E-state index contributed by atoms with van der Waals surface area (Å²) in [6.07, 6.45) is 0. The van der Waals surface area contributed by atoms with Gasteiger partial charge in [-0.3, -0.25) is 0 Å². The van der Waals surface area contributed by atoms with Gasteiger partial charge in [0.25, 0.3) is 0 Å². The quantitative estimate of drug-likeness (QED) is 0.236. The molecule has 192 valence electrons. The third-order valence-corrected chi connectivity index (χ3v) is 5.46. The van der Waals surface area contributed by atoms with Crippen molar-refractivity contribution in [1.29, 1.82) is 0 Å². The Morgan fingerprint density at radius 2 is 0.784 bits per heavy atom. The van der Waals surface area contributed by atoms with Crippen LogP contribution >= 0.6 is 0 Å². The standard InChI is InChI=1S/C27H27BO9/c1-16-13-19(25(29)32-4)7-10-22(16)35-28(36-23-11-8-20(14-17(23)2)26(30)33-5)37-24-12-9-21(15-18(24)3)27(31)34-6/h7-15H,1-6H3. The zero-order chi connectivity index (χ0) is 27.1. The van der Waals surface area contributed by atoms with Crippen molar-refractivity contribution in [2.24, 2.45) is 0 Å². The van der Waals surface area contributed by atoms with Gasteiger partial charge in [0, 0.05) is 0 Å². The van der Waals surface area contributed by atoms with Gasteiger partial charge < -0.3 is 28.2 Å². The number of ether oxygens (including phenoxy) is 3. The van der Waals surface area contributed by atoms with Gasteiger partial charge in [0.1, 0.15) is 17.2 Å². The van der Waals surface area contributed by atoms with Crippen molar-refractivity contribution in [2.75, 3.05) is 21.3 Å². The summed E-state index contributed by atoms with van der Waals surface area (Å²) in [7, 11) is 2.65. The second-order valence-electron chi connectivity index (χ2n) is 8.06. The molecule has 3 rings (SSSR count). The summed E-state index contributed by atoms with van der Waals surface area (Å²) in [5.74, 6) is -0.190. The fourth-order valence-corrected chi connectivity index (χ4v) is 3.46. The maximum atomic E-state index is 11.9. The van der Waals surface area contributed by atoms with Crippen LogP contribution in [-0.4, -0.2) is 46.6 Å². The number of esters is 3. The number of rotatable bonds is 9. The van der Waals surface area contributed by atoms with Gasteiger partial charge in [-0.1, -0.05) is 0 Å². The lowest BCUT2D eigenvalue weighted by molar-refractivity contribution is 0.0591. The smallest absolute Gasteiger partial charge is 0.489 e. The van der Waals surface area contributed by atoms with Crippen LogP contribution in [-0.2, 0) is 14.2 Å². The minimum atomic E-state index is -1.27. The predicted octanol–water partition coefficient (Wildman–Crippen LogP) is 4.49. The molecular weight excluding hydrogens is 479 g/mol. The van der Waals surface area contributed by atoms with Gasteiger partial charge in [0.05, 0.1) is 38.0 Å². The zero-order valence-electron chi connectivity index (χ0n) is 21.4. The van der Waals surface area contributed by atoms with E-state index in [0.29, 0.717) is 50.6 Å². The molecule has 0 fully saturated rings. The lowest BCUT2D eigenvalue weighted by Crippen LogP contribution is -2.37. The van der Waals surface area contributed by atoms with Crippen molar-refractivity contribution in [3.63, 3.8) is 0 Å². The third-order valence-electron chi connectivity index (χ3n) is 5.46. The average molecular weight is 506 g/mol. The number of hydrogen-bond acceptors (Lipinski definition) is 9. The fourth-order valence-electron chi connectivity index (χ4n) is 3.46. The molecule has 0 saturated heterocycles. The molecule has 0 radical (unpaired) electrons. The Hall–Kier alpha value is -4.47. The molecule has 0 N–H and O–H groups in total. The number of carbonyl (C=O) groups excluding carboxylic acids is 3. The fraction of sp³-hybridized carbons (Fsp3) is 0.222. The number of aryl methyl sites for hydroxylation is 3. The van der Waals surface area contributed by atoms with Gasteiger partial charge in [-0.2, -0.15) is 0 Å². The molecule has 9 nitrogen and oxygen atoms in total. The predicted molar refractivity (Wildman–Crippen MR) is 135 cm³/mol. The van der Waals surface area contributed by atoms with Crippen LogP contribution in [0.4, 0.5) is 0 Å². The van der Waals surface area contributed by atoms with E-state index >= 15 is 0 Å². The molecule has 0 unspecified atom stereocenters. The molecular formula is C27H27BO9. The molecule has 3 aromatic carbocycles. The monoisotopic (exact) mass is 506 g/mol. The Balaban J connectivity index is 1.93. The van der Waals surface area contributed by atoms with E-state index in [1.807, 2.05) is 0 Å². The average Bonchev–Trinajstić information content (AvgIpc) is 2.90. The minimum absolute atomic E-state index is 0.370. The van der Waals surface area contributed by atoms with Crippen LogP contribution in [0.2, 0.25) is 0 Å². The molecule has 37 heavy (non-hydrogen) atoms. The summed E-state index contributed by atoms with van der Waals surface area (Å²) in [5, 5.41) is 0. The topological polar surface area (TPSA) is 107 Å². The summed E-state index contributed by atoms with van der Waals surface area (Å²) in [5.41, 5.74) is 3.06. The molecule has 0 aliphatic carbocycles. The summed E-state index contributed by atoms with van der Waals surface area (Å²) >= 11 is 0. The summed E-state index contributed by atoms with van der Waals surface area (Å²) in [6.45, 7) is 5.31. The zero-order valence-corrected chi connectivity index (χ0v) is 21.4. The van der Waals surface area contributed by atoms with Crippen molar-refractivity contribution in [1.82, 2.24) is 0 Å². The van der Waals surface area contributed by atoms with Crippen molar-refractivity contribution in [2.45, 2.75) is 20.8 Å². The SMILES string of the molecule is COC(=O)c1ccc(OB(Oc2ccc(C(=O)OC)cc2C)Oc2ccc(C(=O)OC)cc2C)c(C)c1. The van der Waals surface area contributed by atoms with Gasteiger partial charge in [-0.15, -0.1) is 0 Å². The molecule has 0 atom stereocenters. The molecule has 3 aromatic rings. The number of methoxy groups -OCH3 is 3. The van der Waals surface area contributed by atoms with Crippen LogP contribution < -0.4 is 14.0 Å². The summed E-state index contributed by atoms with van der Waals surface area (Å²) < 4.78 is 32.5. The first-order valence-corrected chi connectivity index (χ1v) is 11.2. The highest BCUT2D eigenvalue weighted by molar-refractivity contribution is 6.39. The van der Waals surface area contributed by atoms with Gasteiger partial charge in [-0.25, -0.2) is 14.4 Å². The second kappa shape index (κ2) is 12.0. The van der Waals surface area contributed by atoms with Crippen LogP contribution in [0, 0.1) is 20.8 Å². The number of carbonyl (C=O) groups is 3. The largest absolute Gasteiger partial charge is 0.864 e. The highest BCUT2D eigenvalue weighted by atomic mass is 16.7. The minimum Gasteiger partial charge on any atom is -0.489 e. The molecule has 0 aromatic heterocycles. The second-order valence-corrected chi connectivity index (χ2v) is 8.06. The van der Waals surface area contributed by atoms with Gasteiger partial charge in [-0.05, 0) is 92.1 Å². The van der Waals surface area contributed by atoms with E-state index < -0.39 is 25.2 Å². The van der Waals surface area contributed by atoms with Crippen LogP contribution in [0.25, 0.3) is 0 Å². The van der Waals surface area contributed by atoms with Crippen molar-refractivity contribution in [3.05, 3.63) is 88.0 Å². The maximum absolute atomic E-state index is 11.9. The highest BCUT2D eigenvalue weighted by Crippen LogP contribution is 2.27. The molecule has 0 spiro atoms. The van der Waals surface area contributed by atoms with Crippen LogP contribution in [0.15, 0.2) is 54.6 Å². The third kappa shape index (κ3) is 6.61. The van der Waals surface area contributed by atoms with Crippen LogP contribution in [0.3, 0.4) is 0 Å². The summed E-state index contributed by atoms with van der Waals surface area (Å²) in [4.78, 5) is 35.6. The highest BCUT2D eigenvalue weighted by Gasteiger charge is 2.32. The first-order chi connectivity index (χ1) is 17.7. The molecule has 10 heteroatoms. The van der Waals surface area contributed by atoms with E-state index in [4.69, 9.17) is 28.2 Å². The Morgan fingerprint density at radius 1 is 0.514 bits per heavy atom. The number of benzene rings is 3. The molecule has 0 saturated carbocycles. The van der Waals surface area contributed by atoms with Crippen LogP contribution in [0.5, 0.6) is 17.2 Å². The van der Waals surface area contributed by atoms with Crippen molar-refractivity contribution in [3.8, 4) is 17.2 Å². The van der Waals surface area contributed by atoms with E-state index in [9.17, 15) is 14.4 Å². The van der Waals surface area contributed by atoms with E-state index in [1.165, 1.54) is 21.3 Å². The number of hydrogen-bond donors (Lipinski definition) is 0. The van der Waals surface area contributed by atoms with E-state index in [0.717, 1.165) is 0 Å². The van der Waals surface area contributed by atoms with Gasteiger partial charge in [0.15, 0.2) is 0 Å². The lowest BCUT2D eigenvalue weighted by Gasteiger charge is -2.20. The van der Waals surface area contributed by atoms with Crippen LogP contribution in [0.1, 0.15) is 47.8 Å². The molecule has 0 aliphatic heterocycles. The summed E-state index contributed by atoms with van der Waals surface area (Å²) in [6, 6.07) is 14.4. The maximum Gasteiger partial charge on any atom is 0.864 e. The van der Waals surface area contributed by atoms with E-state index in [1.54, 1.807) is 75.4 Å². The Labute approximate surface area is 215 Å². The van der Waals surface area contributed by atoms with Gasteiger partial charge in [0.2, 0.25) is 0 Å². The first-order valence-electron chi connectivity index (χ1n) is 11.2. The molecule has 0 amide bonds. The van der Waals surface area contributed by atoms with Crippen molar-refractivity contribution < 1.29 is 42.6 Å². The first kappa shape index (κ1) is 27.1. The Kier molecular flexibility index (Phi) is 8.79. The Bertz CT molecular complexity index is 1160. The molecule has 0 heterocycles. The Morgan fingerprint density at radius 3 is 1.00 bits per heavy atom. The van der Waals surface area contributed by atoms with Gasteiger partial charge >= 0.3 is 25.2 Å². The normalized spacial score (nSPS) is 10.2. The van der Waals surface area contributed by atoms with E-state index in [-0.39, 0.29) is 0 Å². The lowest BCUT2D eigenvalue weighted by atomic mass is 10.1. The van der Waals surface area contributed by atoms with Crippen molar-refractivity contribution >= 4 is 25.2 Å².